The number of piperazine rings is 1. The zero-order valence-electron chi connectivity index (χ0n) is 41.6. The molecule has 0 bridgehead atoms. The molecule has 28 nitrogen and oxygen atoms in total. The number of Topliss-reactive ketones (excluding diaryl/α,β-unsaturated/α-hetero) is 2. The van der Waals surface area contributed by atoms with Gasteiger partial charge in [0.2, 0.25) is 41.1 Å². The first-order valence-electron chi connectivity index (χ1n) is 23.7. The van der Waals surface area contributed by atoms with E-state index in [2.05, 4.69) is 57.2 Å². The van der Waals surface area contributed by atoms with Gasteiger partial charge in [-0.2, -0.15) is 4.98 Å². The fourth-order valence-corrected chi connectivity index (χ4v) is 11.1. The van der Waals surface area contributed by atoms with Gasteiger partial charge in [0.05, 0.1) is 48.3 Å². The molecular weight excluding hydrogens is 1030 g/mol. The summed E-state index contributed by atoms with van der Waals surface area (Å²) < 4.78 is 11.2. The van der Waals surface area contributed by atoms with Gasteiger partial charge < -0.3 is 73.1 Å². The molecule has 5 heterocycles. The highest BCUT2D eigenvalue weighted by Gasteiger charge is 2.72. The van der Waals surface area contributed by atoms with Crippen LogP contribution >= 0.6 is 21.6 Å². The van der Waals surface area contributed by atoms with Crippen molar-refractivity contribution < 1.29 is 57.7 Å². The van der Waals surface area contributed by atoms with Crippen LogP contribution in [0.3, 0.4) is 0 Å². The summed E-state index contributed by atoms with van der Waals surface area (Å²) in [6, 6.07) is 3.43. The number of nitrogens with two attached hydrogens (primary N) is 2. The number of nitrogens with zero attached hydrogens (tertiary/aromatic N) is 5. The van der Waals surface area contributed by atoms with Crippen molar-refractivity contribution >= 4 is 97.6 Å². The van der Waals surface area contributed by atoms with Gasteiger partial charge in [0.25, 0.3) is 11.5 Å². The van der Waals surface area contributed by atoms with Gasteiger partial charge in [-0.3, -0.25) is 43.3 Å². The van der Waals surface area contributed by atoms with Gasteiger partial charge in [0, 0.05) is 93.6 Å². The Morgan fingerprint density at radius 3 is 2.39 bits per heavy atom. The van der Waals surface area contributed by atoms with Gasteiger partial charge in [0.15, 0.2) is 16.9 Å². The third-order valence-corrected chi connectivity index (χ3v) is 15.4. The summed E-state index contributed by atoms with van der Waals surface area (Å²) >= 11 is 0. The number of nitrogen functional groups attached to an aromatic ring is 1. The van der Waals surface area contributed by atoms with Crippen LogP contribution in [0.15, 0.2) is 57.8 Å². The van der Waals surface area contributed by atoms with E-state index in [0.29, 0.717) is 36.0 Å². The molecule has 1 aliphatic carbocycles. The van der Waals surface area contributed by atoms with Crippen LogP contribution in [0.4, 0.5) is 16.4 Å². The SMILES string of the molecule is CNC(=O)C(CNC(=O)CCSSCCNC1=C(C)C(=O)C2=C(C1=O)[C@@H](COC(N)=O)[C@@]1(OC)[C@H]3N[C@H]3CN21)NC(=O)CNC(=O)CCC(NC(=O)c1ccc(N(C)Cc2cnc3nc(N)[nH]c(=O)c3n2)cc1)C(=O)O. The normalized spacial score (nSPS) is 19.9. The van der Waals surface area contributed by atoms with E-state index in [9.17, 15) is 53.1 Å². The predicted octanol–water partition coefficient (Wildman–Crippen LogP) is -2.88. The first-order chi connectivity index (χ1) is 36.3. The van der Waals surface area contributed by atoms with E-state index in [1.807, 2.05) is 0 Å². The van der Waals surface area contributed by atoms with Crippen molar-refractivity contribution in [2.24, 2.45) is 11.7 Å². The van der Waals surface area contributed by atoms with E-state index in [1.165, 1.54) is 54.1 Å². The van der Waals surface area contributed by atoms with Crippen molar-refractivity contribution in [3.8, 4) is 0 Å². The molecule has 76 heavy (non-hydrogen) atoms. The number of ketones is 2. The molecule has 7 rings (SSSR count). The standard InChI is InChI=1S/C46H57N15O13S2/c1-21-33(37(66)32-25(20-74-45(48)72)46(73-4)38-28(56-38)19-61(46)35(32)36(21)65)50-12-14-76-75-13-11-30(63)51-16-27(41(68)49-2)55-31(64)17-52-29(62)10-9-26(43(70)71)57-40(67)22-5-7-24(8-6-22)60(3)18-23-15-53-39-34(54-23)42(69)59-44(47)58-39/h5-8,15,25-28,38,50,56H,9-14,16-20H2,1-4H3,(H2,48,72)(H,49,68)(H,51,63)(H,52,62)(H,55,64)(H,57,67)(H,70,71)(H3,47,53,58,59,69)/t25-,26?,27?,28+,38+,46-/m1/s1. The van der Waals surface area contributed by atoms with E-state index in [-0.39, 0.29) is 102 Å². The molecule has 6 atom stereocenters. The Morgan fingerprint density at radius 1 is 0.974 bits per heavy atom. The Balaban J connectivity index is 0.779. The summed E-state index contributed by atoms with van der Waals surface area (Å²) in [5.41, 5.74) is 11.4. The number of carbonyl (C=O) groups excluding carboxylic acids is 8. The lowest BCUT2D eigenvalue weighted by molar-refractivity contribution is -0.139. The van der Waals surface area contributed by atoms with Crippen LogP contribution in [0.1, 0.15) is 42.2 Å². The number of carbonyl (C=O) groups is 9. The molecule has 0 spiro atoms. The molecule has 0 radical (unpaired) electrons. The van der Waals surface area contributed by atoms with Crippen molar-refractivity contribution in [3.05, 3.63) is 74.6 Å². The molecule has 1 aromatic carbocycles. The quantitative estimate of drug-likeness (QED) is 0.0166. The molecule has 4 aliphatic rings. The van der Waals surface area contributed by atoms with Crippen LogP contribution in [0.5, 0.6) is 0 Å². The maximum Gasteiger partial charge on any atom is 0.404 e. The Morgan fingerprint density at radius 2 is 1.70 bits per heavy atom. The minimum absolute atomic E-state index is 0.0235. The Labute approximate surface area is 440 Å². The summed E-state index contributed by atoms with van der Waals surface area (Å²) in [6.45, 7) is 1.46. The summed E-state index contributed by atoms with van der Waals surface area (Å²) in [4.78, 5) is 146. The number of nitrogens with one attached hydrogen (secondary N) is 8. The van der Waals surface area contributed by atoms with Crippen molar-refractivity contribution in [1.29, 1.82) is 0 Å². The Kier molecular flexibility index (Phi) is 17.8. The van der Waals surface area contributed by atoms with Crippen LogP contribution in [0.2, 0.25) is 0 Å². The number of primary amides is 1. The van der Waals surface area contributed by atoms with Gasteiger partial charge in [-0.1, -0.05) is 21.6 Å². The van der Waals surface area contributed by atoms with Crippen LogP contribution in [0.25, 0.3) is 11.2 Å². The van der Waals surface area contributed by atoms with Crippen LogP contribution in [-0.4, -0.2) is 178 Å². The largest absolute Gasteiger partial charge is 0.480 e. The molecule has 6 amide bonds. The highest BCUT2D eigenvalue weighted by molar-refractivity contribution is 8.76. The minimum atomic E-state index is -1.46. The third kappa shape index (κ3) is 12.5. The van der Waals surface area contributed by atoms with Gasteiger partial charge in [-0.25, -0.2) is 19.6 Å². The highest BCUT2D eigenvalue weighted by Crippen LogP contribution is 2.55. The third-order valence-electron chi connectivity index (χ3n) is 13.0. The van der Waals surface area contributed by atoms with Crippen molar-refractivity contribution in [2.45, 2.75) is 62.6 Å². The molecule has 2 aromatic heterocycles. The lowest BCUT2D eigenvalue weighted by atomic mass is 9.82. The number of hydrogen-bond donors (Lipinski definition) is 11. The number of likely N-dealkylation sites (N-methyl/N-ethyl adjacent to an activating group) is 1. The van der Waals surface area contributed by atoms with Crippen molar-refractivity contribution in [1.82, 2.24) is 62.1 Å². The number of ether oxygens (including phenoxy) is 2. The average Bonchev–Trinajstić information content (AvgIpc) is 4.20. The van der Waals surface area contributed by atoms with Crippen LogP contribution < -0.4 is 59.1 Å². The fraction of sp³-hybridized carbons (Fsp3) is 0.457. The first kappa shape index (κ1) is 55.9. The molecule has 13 N–H and O–H groups in total. The number of hydrogen-bond acceptors (Lipinski definition) is 22. The van der Waals surface area contributed by atoms with Gasteiger partial charge in [-0.15, -0.1) is 0 Å². The topological polar surface area (TPSA) is 416 Å². The zero-order chi connectivity index (χ0) is 55.0. The number of benzene rings is 1. The number of H-pyrrole nitrogens is 1. The smallest absolute Gasteiger partial charge is 0.404 e. The van der Waals surface area contributed by atoms with Crippen molar-refractivity contribution in [3.63, 3.8) is 0 Å². The summed E-state index contributed by atoms with van der Waals surface area (Å²) in [5, 5.41) is 28.4. The predicted molar refractivity (Wildman–Crippen MR) is 275 cm³/mol. The minimum Gasteiger partial charge on any atom is -0.480 e. The van der Waals surface area contributed by atoms with Crippen LogP contribution in [-0.2, 0) is 49.6 Å². The number of rotatable bonds is 26. The number of carboxylic acid groups (broad SMARTS) is 1. The lowest BCUT2D eigenvalue weighted by Crippen LogP contribution is -2.55. The fourth-order valence-electron chi connectivity index (χ4n) is 9.20. The zero-order valence-corrected chi connectivity index (χ0v) is 43.2. The number of aliphatic carboxylic acids is 1. The Hall–Kier alpha value is -7.83. The van der Waals surface area contributed by atoms with Crippen LogP contribution in [0, 0.1) is 5.92 Å². The summed E-state index contributed by atoms with van der Waals surface area (Å²) in [7, 11) is 7.38. The monoisotopic (exact) mass is 1090 g/mol. The molecule has 406 valence electrons. The summed E-state index contributed by atoms with van der Waals surface area (Å²) in [6.07, 6.45) is -0.206. The molecule has 0 saturated carbocycles. The van der Waals surface area contributed by atoms with E-state index in [1.54, 1.807) is 35.9 Å². The van der Waals surface area contributed by atoms with Crippen molar-refractivity contribution in [2.75, 3.05) is 76.1 Å². The molecule has 2 fully saturated rings. The number of allylic oxidation sites excluding steroid dienone is 2. The number of fused-ring (bicyclic) bond motifs is 5. The van der Waals surface area contributed by atoms with E-state index in [0.717, 1.165) is 0 Å². The number of aromatic amines is 1. The second-order valence-electron chi connectivity index (χ2n) is 17.8. The maximum absolute atomic E-state index is 14.0. The molecule has 2 unspecified atom stereocenters. The summed E-state index contributed by atoms with van der Waals surface area (Å²) in [5.74, 6) is -5.34. The van der Waals surface area contributed by atoms with E-state index >= 15 is 0 Å². The average molecular weight is 1090 g/mol. The molecule has 3 aliphatic heterocycles. The molecule has 3 aromatic rings. The molecular formula is C46H57N15O13S2. The lowest BCUT2D eigenvalue weighted by Gasteiger charge is -2.39. The van der Waals surface area contributed by atoms with E-state index in [4.69, 9.17) is 20.9 Å². The van der Waals surface area contributed by atoms with Gasteiger partial charge in [0.1, 0.15) is 18.7 Å². The number of amides is 6. The number of methoxy groups -OCH3 is 1. The number of carboxylic acids is 1. The molecule has 30 heteroatoms. The molecule has 2 saturated heterocycles. The Bertz CT molecular complexity index is 2960. The number of anilines is 2. The van der Waals surface area contributed by atoms with Gasteiger partial charge in [-0.05, 0) is 37.6 Å². The maximum atomic E-state index is 14.0. The highest BCUT2D eigenvalue weighted by atomic mass is 33.1. The second kappa shape index (κ2) is 24.2. The number of aromatic nitrogens is 4. The van der Waals surface area contributed by atoms with Gasteiger partial charge >= 0.3 is 12.1 Å². The first-order valence-corrected chi connectivity index (χ1v) is 26.2. The second-order valence-corrected chi connectivity index (χ2v) is 20.5. The van der Waals surface area contributed by atoms with E-state index < -0.39 is 83.2 Å².